The Morgan fingerprint density at radius 1 is 1.28 bits per heavy atom. The number of hydrogen-bond acceptors (Lipinski definition) is 6. The van der Waals surface area contributed by atoms with Crippen molar-refractivity contribution in [3.8, 4) is 18.1 Å². The monoisotopic (exact) mass is 490 g/mol. The molecule has 0 bridgehead atoms. The van der Waals surface area contributed by atoms with Crippen LogP contribution in [0.4, 0.5) is 0 Å². The Bertz CT molecular complexity index is 1130. The zero-order valence-corrected chi connectivity index (χ0v) is 20.8. The molecule has 8 heteroatoms. The first-order chi connectivity index (χ1) is 17.4. The van der Waals surface area contributed by atoms with Crippen molar-refractivity contribution in [3.05, 3.63) is 40.6 Å². The number of nitrogens with zero attached hydrogens (tertiary/aromatic N) is 2. The third kappa shape index (κ3) is 5.68. The number of imide groups is 1. The molecule has 2 aliphatic heterocycles. The Kier molecular flexibility index (Phi) is 8.21. The van der Waals surface area contributed by atoms with Crippen LogP contribution in [0.5, 0.6) is 5.75 Å². The van der Waals surface area contributed by atoms with Gasteiger partial charge >= 0.3 is 0 Å². The van der Waals surface area contributed by atoms with Gasteiger partial charge in [-0.3, -0.25) is 24.7 Å². The molecular formula is C28H34N4O4. The van der Waals surface area contributed by atoms with Gasteiger partial charge in [0.25, 0.3) is 5.91 Å². The summed E-state index contributed by atoms with van der Waals surface area (Å²) in [6.07, 6.45) is 13.4. The molecule has 8 nitrogen and oxygen atoms in total. The molecule has 3 amide bonds. The molecule has 2 fully saturated rings. The summed E-state index contributed by atoms with van der Waals surface area (Å²) < 4.78 is 6.42. The van der Waals surface area contributed by atoms with Gasteiger partial charge in [0.15, 0.2) is 0 Å². The van der Waals surface area contributed by atoms with E-state index in [9.17, 15) is 14.4 Å². The number of benzene rings is 1. The van der Waals surface area contributed by atoms with Crippen molar-refractivity contribution in [1.82, 2.24) is 10.2 Å². The van der Waals surface area contributed by atoms with Crippen molar-refractivity contribution in [2.75, 3.05) is 6.54 Å². The number of carbonyl (C=O) groups is 3. The quantitative estimate of drug-likeness (QED) is 0.314. The molecule has 1 unspecified atom stereocenters. The summed E-state index contributed by atoms with van der Waals surface area (Å²) >= 11 is 0. The van der Waals surface area contributed by atoms with E-state index in [1.807, 2.05) is 12.1 Å². The molecule has 3 aliphatic rings. The van der Waals surface area contributed by atoms with Crippen LogP contribution < -0.4 is 15.8 Å². The highest BCUT2D eigenvalue weighted by molar-refractivity contribution is 6.05. The molecule has 2 heterocycles. The van der Waals surface area contributed by atoms with Gasteiger partial charge in [-0.25, -0.2) is 0 Å². The Balaban J connectivity index is 1.39. The van der Waals surface area contributed by atoms with Crippen LogP contribution in [0.25, 0.3) is 0 Å². The summed E-state index contributed by atoms with van der Waals surface area (Å²) in [5, 5.41) is 2.34. The van der Waals surface area contributed by atoms with Crippen LogP contribution in [0, 0.1) is 18.3 Å². The first-order valence-electron chi connectivity index (χ1n) is 12.7. The lowest BCUT2D eigenvalue weighted by molar-refractivity contribution is -0.136. The lowest BCUT2D eigenvalue weighted by Gasteiger charge is -2.29. The molecule has 3 atom stereocenters. The number of ether oxygens (including phenoxy) is 1. The SMILES string of the molecule is C#CC=N/C(CCN)=C(\C)CC[C@H]1CCC[C@@H]1Oc1ccc2c(c1)CN(C1CCC(=O)NC1=O)C2=O. The summed E-state index contributed by atoms with van der Waals surface area (Å²) in [4.78, 5) is 42.7. The molecule has 0 spiro atoms. The molecule has 1 aromatic rings. The Hall–Kier alpha value is -3.44. The van der Waals surface area contributed by atoms with E-state index >= 15 is 0 Å². The van der Waals surface area contributed by atoms with E-state index < -0.39 is 11.9 Å². The van der Waals surface area contributed by atoms with Crippen molar-refractivity contribution in [2.45, 2.75) is 77.0 Å². The van der Waals surface area contributed by atoms with Crippen LogP contribution in [-0.2, 0) is 16.1 Å². The standard InChI is InChI=1S/C28H34N4O4/c1-3-15-30-23(13-14-29)18(2)7-8-19-5-4-6-25(19)36-21-9-10-22-20(16-21)17-32(28(22)35)24-11-12-26(33)31-27(24)34/h1,9-10,15-16,19,24-25H,4-8,11-14,17,29H2,2H3,(H,31,33,34)/b23-18+,30-15?/t19-,24?,25+/m1/s1. The van der Waals surface area contributed by atoms with Crippen molar-refractivity contribution >= 4 is 23.9 Å². The van der Waals surface area contributed by atoms with Crippen LogP contribution in [0.15, 0.2) is 34.5 Å². The fourth-order valence-electron chi connectivity index (χ4n) is 5.47. The molecule has 1 saturated carbocycles. The molecule has 1 aliphatic carbocycles. The number of fused-ring (bicyclic) bond motifs is 1. The second-order valence-electron chi connectivity index (χ2n) is 9.80. The van der Waals surface area contributed by atoms with Crippen molar-refractivity contribution < 1.29 is 19.1 Å². The highest BCUT2D eigenvalue weighted by Gasteiger charge is 2.39. The number of rotatable bonds is 9. The zero-order chi connectivity index (χ0) is 25.7. The second kappa shape index (κ2) is 11.5. The van der Waals surface area contributed by atoms with E-state index in [4.69, 9.17) is 16.9 Å². The molecule has 1 saturated heterocycles. The maximum atomic E-state index is 12.9. The van der Waals surface area contributed by atoms with Crippen molar-refractivity contribution in [1.29, 1.82) is 0 Å². The number of hydrogen-bond donors (Lipinski definition) is 2. The van der Waals surface area contributed by atoms with E-state index in [0.29, 0.717) is 37.4 Å². The van der Waals surface area contributed by atoms with Gasteiger partial charge in [-0.05, 0) is 81.7 Å². The number of nitrogens with two attached hydrogens (primary N) is 1. The molecule has 3 N–H and O–H groups in total. The molecule has 0 radical (unpaired) electrons. The van der Waals surface area contributed by atoms with Crippen molar-refractivity contribution in [2.24, 2.45) is 16.6 Å². The molecular weight excluding hydrogens is 456 g/mol. The van der Waals surface area contributed by atoms with Crippen LogP contribution in [0.1, 0.15) is 74.2 Å². The minimum Gasteiger partial charge on any atom is -0.490 e. The van der Waals surface area contributed by atoms with Gasteiger partial charge in [-0.2, -0.15) is 0 Å². The van der Waals surface area contributed by atoms with E-state index in [-0.39, 0.29) is 24.3 Å². The van der Waals surface area contributed by atoms with E-state index in [1.54, 1.807) is 11.0 Å². The zero-order valence-electron chi connectivity index (χ0n) is 20.8. The second-order valence-corrected chi connectivity index (χ2v) is 9.80. The largest absolute Gasteiger partial charge is 0.490 e. The summed E-state index contributed by atoms with van der Waals surface area (Å²) in [5.41, 5.74) is 9.36. The number of allylic oxidation sites excluding steroid dienone is 1. The Morgan fingerprint density at radius 2 is 2.11 bits per heavy atom. The smallest absolute Gasteiger partial charge is 0.255 e. The van der Waals surface area contributed by atoms with Crippen LogP contribution in [0.3, 0.4) is 0 Å². The molecule has 36 heavy (non-hydrogen) atoms. The number of terminal acetylenes is 1. The predicted octanol–water partition coefficient (Wildman–Crippen LogP) is 3.10. The average Bonchev–Trinajstić information content (AvgIpc) is 3.43. The van der Waals surface area contributed by atoms with Crippen LogP contribution in [0.2, 0.25) is 0 Å². The fraction of sp³-hybridized carbons (Fsp3) is 0.500. The van der Waals surface area contributed by atoms with Crippen LogP contribution >= 0.6 is 0 Å². The predicted molar refractivity (Wildman–Crippen MR) is 137 cm³/mol. The third-order valence-corrected chi connectivity index (χ3v) is 7.43. The first kappa shape index (κ1) is 25.6. The van der Waals surface area contributed by atoms with Gasteiger partial charge in [-0.15, -0.1) is 6.42 Å². The topological polar surface area (TPSA) is 114 Å². The van der Waals surface area contributed by atoms with Crippen molar-refractivity contribution in [3.63, 3.8) is 0 Å². The Labute approximate surface area is 212 Å². The van der Waals surface area contributed by atoms with Gasteiger partial charge in [0, 0.05) is 30.6 Å². The van der Waals surface area contributed by atoms with Crippen LogP contribution in [-0.4, -0.2) is 47.5 Å². The number of aliphatic imine (C=N–C) groups is 1. The van der Waals surface area contributed by atoms with Gasteiger partial charge in [-0.1, -0.05) is 11.5 Å². The molecule has 190 valence electrons. The maximum Gasteiger partial charge on any atom is 0.255 e. The average molecular weight is 491 g/mol. The highest BCUT2D eigenvalue weighted by Crippen LogP contribution is 2.36. The first-order valence-corrected chi connectivity index (χ1v) is 12.7. The van der Waals surface area contributed by atoms with Gasteiger partial charge in [0.05, 0.1) is 6.21 Å². The van der Waals surface area contributed by atoms with E-state index in [0.717, 1.165) is 49.1 Å². The Morgan fingerprint density at radius 3 is 2.86 bits per heavy atom. The molecule has 1 aromatic carbocycles. The summed E-state index contributed by atoms with van der Waals surface area (Å²) in [5.74, 6) is 2.77. The lowest BCUT2D eigenvalue weighted by atomic mass is 9.95. The summed E-state index contributed by atoms with van der Waals surface area (Å²) in [6, 6.07) is 4.95. The summed E-state index contributed by atoms with van der Waals surface area (Å²) in [7, 11) is 0. The molecule has 4 rings (SSSR count). The lowest BCUT2D eigenvalue weighted by Crippen LogP contribution is -2.52. The minimum absolute atomic E-state index is 0.117. The fourth-order valence-corrected chi connectivity index (χ4v) is 5.47. The number of nitrogens with one attached hydrogen (secondary N) is 1. The summed E-state index contributed by atoms with van der Waals surface area (Å²) in [6.45, 7) is 2.97. The number of piperidine rings is 1. The van der Waals surface area contributed by atoms with E-state index in [2.05, 4.69) is 23.2 Å². The van der Waals surface area contributed by atoms with Gasteiger partial charge in [0.2, 0.25) is 11.8 Å². The third-order valence-electron chi connectivity index (χ3n) is 7.43. The number of carbonyl (C=O) groups excluding carboxylic acids is 3. The van der Waals surface area contributed by atoms with E-state index in [1.165, 1.54) is 11.8 Å². The minimum atomic E-state index is -0.614. The normalized spacial score (nSPS) is 24.5. The maximum absolute atomic E-state index is 12.9. The van der Waals surface area contributed by atoms with Gasteiger partial charge in [0.1, 0.15) is 17.9 Å². The highest BCUT2D eigenvalue weighted by atomic mass is 16.5. The van der Waals surface area contributed by atoms with Gasteiger partial charge < -0.3 is 15.4 Å². The number of amides is 3. The molecule has 0 aromatic heterocycles.